The van der Waals surface area contributed by atoms with Gasteiger partial charge in [-0.3, -0.25) is 4.79 Å². The molecule has 3 aliphatic heterocycles. The minimum absolute atomic E-state index is 0.131. The summed E-state index contributed by atoms with van der Waals surface area (Å²) in [5.74, 6) is -1.68. The topological polar surface area (TPSA) is 44.8 Å². The van der Waals surface area contributed by atoms with E-state index in [1.165, 1.54) is 0 Å². The van der Waals surface area contributed by atoms with Crippen molar-refractivity contribution in [1.82, 2.24) is 0 Å². The summed E-state index contributed by atoms with van der Waals surface area (Å²) in [7, 11) is 0. The molecule has 4 heteroatoms. The van der Waals surface area contributed by atoms with E-state index in [4.69, 9.17) is 14.2 Å². The highest BCUT2D eigenvalue weighted by Crippen LogP contribution is 2.38. The van der Waals surface area contributed by atoms with Crippen molar-refractivity contribution in [3.63, 3.8) is 0 Å². The molecule has 20 heavy (non-hydrogen) atoms. The molecule has 0 saturated carbocycles. The van der Waals surface area contributed by atoms with E-state index < -0.39 is 5.97 Å². The van der Waals surface area contributed by atoms with Crippen LogP contribution in [0, 0.1) is 5.41 Å². The van der Waals surface area contributed by atoms with Crippen molar-refractivity contribution in [2.45, 2.75) is 19.3 Å². The van der Waals surface area contributed by atoms with Crippen LogP contribution in [0.4, 0.5) is 0 Å². The third kappa shape index (κ3) is 2.30. The fourth-order valence-corrected chi connectivity index (χ4v) is 2.36. The van der Waals surface area contributed by atoms with Crippen molar-refractivity contribution in [3.8, 4) is 0 Å². The van der Waals surface area contributed by atoms with Crippen molar-refractivity contribution < 1.29 is 19.0 Å². The van der Waals surface area contributed by atoms with E-state index in [9.17, 15) is 4.79 Å². The van der Waals surface area contributed by atoms with Gasteiger partial charge in [-0.2, -0.15) is 0 Å². The second-order valence-corrected chi connectivity index (χ2v) is 5.78. The smallest absolute Gasteiger partial charge is 0.320 e. The Morgan fingerprint density at radius 1 is 1.20 bits per heavy atom. The molecule has 3 fully saturated rings. The number of ether oxygens (including phenoxy) is 3. The highest BCUT2D eigenvalue weighted by molar-refractivity contribution is 5.86. The summed E-state index contributed by atoms with van der Waals surface area (Å²) in [5, 5.41) is 0. The summed E-state index contributed by atoms with van der Waals surface area (Å²) < 4.78 is 16.6. The molecule has 1 aromatic carbocycles. The van der Waals surface area contributed by atoms with E-state index in [1.54, 1.807) is 6.08 Å². The quantitative estimate of drug-likeness (QED) is 0.844. The van der Waals surface area contributed by atoms with Crippen LogP contribution in [0.3, 0.4) is 0 Å². The fraction of sp³-hybridized carbons (Fsp3) is 0.438. The second kappa shape index (κ2) is 4.81. The summed E-state index contributed by atoms with van der Waals surface area (Å²) >= 11 is 0. The van der Waals surface area contributed by atoms with Crippen LogP contribution in [-0.2, 0) is 25.4 Å². The lowest BCUT2D eigenvalue weighted by molar-refractivity contribution is -0.439. The lowest BCUT2D eigenvalue weighted by Gasteiger charge is -2.49. The maximum absolute atomic E-state index is 12.4. The number of benzene rings is 1. The summed E-state index contributed by atoms with van der Waals surface area (Å²) in [6.45, 7) is 7.21. The Labute approximate surface area is 118 Å². The van der Waals surface area contributed by atoms with E-state index in [2.05, 4.69) is 6.58 Å². The number of hydrogen-bond donors (Lipinski definition) is 0. The molecule has 1 aromatic rings. The number of fused-ring (bicyclic) bond motifs is 3. The molecule has 4 nitrogen and oxygen atoms in total. The van der Waals surface area contributed by atoms with Crippen LogP contribution in [-0.4, -0.2) is 31.6 Å². The number of Topliss-reactive ketones (excluding diaryl/α,β-unsaturated/α-hetero) is 1. The molecule has 0 atom stereocenters. The van der Waals surface area contributed by atoms with Crippen LogP contribution in [0.15, 0.2) is 30.8 Å². The maximum atomic E-state index is 12.4. The van der Waals surface area contributed by atoms with Gasteiger partial charge >= 0.3 is 5.97 Å². The van der Waals surface area contributed by atoms with Gasteiger partial charge in [0.15, 0.2) is 0 Å². The number of carbonyl (C=O) groups excluding carboxylic acids is 1. The number of ketones is 1. The third-order valence-corrected chi connectivity index (χ3v) is 3.75. The first-order chi connectivity index (χ1) is 9.55. The molecule has 0 aromatic heterocycles. The largest absolute Gasteiger partial charge is 0.347 e. The molecule has 3 aliphatic rings. The highest BCUT2D eigenvalue weighted by Gasteiger charge is 2.54. The van der Waals surface area contributed by atoms with Gasteiger partial charge in [0.2, 0.25) is 5.78 Å². The van der Waals surface area contributed by atoms with Crippen LogP contribution < -0.4 is 0 Å². The van der Waals surface area contributed by atoms with Gasteiger partial charge in [0.25, 0.3) is 0 Å². The Bertz CT molecular complexity index is 507. The lowest BCUT2D eigenvalue weighted by atomic mass is 9.91. The second-order valence-electron chi connectivity index (χ2n) is 5.78. The summed E-state index contributed by atoms with van der Waals surface area (Å²) in [6, 6.07) is 7.66. The Kier molecular flexibility index (Phi) is 3.24. The zero-order valence-electron chi connectivity index (χ0n) is 11.6. The van der Waals surface area contributed by atoms with Gasteiger partial charge in [-0.1, -0.05) is 43.8 Å². The molecule has 3 saturated heterocycles. The van der Waals surface area contributed by atoms with Gasteiger partial charge in [-0.05, 0) is 11.1 Å². The third-order valence-electron chi connectivity index (χ3n) is 3.75. The van der Waals surface area contributed by atoms with Crippen molar-refractivity contribution in [3.05, 3.63) is 42.0 Å². The zero-order chi connectivity index (χ0) is 14.2. The first kappa shape index (κ1) is 13.5. The van der Waals surface area contributed by atoms with Crippen LogP contribution in [0.1, 0.15) is 18.1 Å². The van der Waals surface area contributed by atoms with Gasteiger partial charge in [-0.25, -0.2) is 0 Å². The van der Waals surface area contributed by atoms with Crippen LogP contribution in [0.2, 0.25) is 0 Å². The van der Waals surface area contributed by atoms with E-state index in [1.807, 2.05) is 31.2 Å². The molecular weight excluding hydrogens is 256 g/mol. The monoisotopic (exact) mass is 274 g/mol. The molecule has 2 bridgehead atoms. The Morgan fingerprint density at radius 2 is 1.75 bits per heavy atom. The molecule has 4 rings (SSSR count). The van der Waals surface area contributed by atoms with Gasteiger partial charge in [0.1, 0.15) is 0 Å². The predicted octanol–water partition coefficient (Wildman–Crippen LogP) is 2.18. The molecule has 0 spiro atoms. The van der Waals surface area contributed by atoms with Crippen molar-refractivity contribution in [2.24, 2.45) is 5.41 Å². The zero-order valence-corrected chi connectivity index (χ0v) is 11.6. The Morgan fingerprint density at radius 3 is 2.25 bits per heavy atom. The molecule has 0 unspecified atom stereocenters. The average Bonchev–Trinajstić information content (AvgIpc) is 2.49. The minimum Gasteiger partial charge on any atom is -0.320 e. The number of rotatable bonds is 4. The molecule has 0 aliphatic carbocycles. The van der Waals surface area contributed by atoms with Crippen LogP contribution in [0.5, 0.6) is 0 Å². The standard InChI is InChI=1S/C16H18O4/c1-3-12-4-6-13(7-5-12)8-14(17)16-18-9-15(2,10-19-16)11-20-16/h3-7H,1,8-11H2,2H3. The average molecular weight is 274 g/mol. The Hall–Kier alpha value is -1.49. The predicted molar refractivity (Wildman–Crippen MR) is 73.9 cm³/mol. The number of carbonyl (C=O) groups is 1. The Balaban J connectivity index is 1.71. The lowest BCUT2D eigenvalue weighted by Crippen LogP contribution is -2.62. The van der Waals surface area contributed by atoms with E-state index >= 15 is 0 Å². The fourth-order valence-electron chi connectivity index (χ4n) is 2.36. The SMILES string of the molecule is C=Cc1ccc(CC(=O)C23OCC(C)(CO2)CO3)cc1. The minimum atomic E-state index is -1.49. The van der Waals surface area contributed by atoms with Crippen LogP contribution in [0.25, 0.3) is 6.08 Å². The maximum Gasteiger partial charge on any atom is 0.347 e. The first-order valence-corrected chi connectivity index (χ1v) is 6.72. The summed E-state index contributed by atoms with van der Waals surface area (Å²) in [6.07, 6.45) is 2.00. The highest BCUT2D eigenvalue weighted by atomic mass is 16.9. The van der Waals surface area contributed by atoms with E-state index in [-0.39, 0.29) is 17.6 Å². The van der Waals surface area contributed by atoms with Gasteiger partial charge in [0.05, 0.1) is 19.8 Å². The van der Waals surface area contributed by atoms with Crippen molar-refractivity contribution in [1.29, 1.82) is 0 Å². The van der Waals surface area contributed by atoms with Crippen molar-refractivity contribution in [2.75, 3.05) is 19.8 Å². The van der Waals surface area contributed by atoms with Gasteiger partial charge in [0, 0.05) is 11.8 Å². The summed E-state index contributed by atoms with van der Waals surface area (Å²) in [5.41, 5.74) is 1.80. The molecule has 3 heterocycles. The molecule has 0 amide bonds. The van der Waals surface area contributed by atoms with E-state index in [0.29, 0.717) is 19.8 Å². The van der Waals surface area contributed by atoms with Crippen molar-refractivity contribution >= 4 is 11.9 Å². The summed E-state index contributed by atoms with van der Waals surface area (Å²) in [4.78, 5) is 12.4. The van der Waals surface area contributed by atoms with Gasteiger partial charge < -0.3 is 14.2 Å². The molecule has 0 radical (unpaired) electrons. The molecule has 106 valence electrons. The van der Waals surface area contributed by atoms with Gasteiger partial charge in [-0.15, -0.1) is 0 Å². The van der Waals surface area contributed by atoms with E-state index in [0.717, 1.165) is 11.1 Å². The van der Waals surface area contributed by atoms with Crippen LogP contribution >= 0.6 is 0 Å². The first-order valence-electron chi connectivity index (χ1n) is 6.72. The molecular formula is C16H18O4. The number of hydrogen-bond acceptors (Lipinski definition) is 4. The molecule has 0 N–H and O–H groups in total. The normalized spacial score (nSPS) is 32.0.